The number of allylic oxidation sites excluding steroid dienone is 3. The average Bonchev–Trinajstić information content (AvgIpc) is 2.46. The quantitative estimate of drug-likeness (QED) is 0.506. The van der Waals surface area contributed by atoms with E-state index in [9.17, 15) is 5.11 Å². The van der Waals surface area contributed by atoms with Crippen molar-refractivity contribution in [3.63, 3.8) is 0 Å². The van der Waals surface area contributed by atoms with Crippen LogP contribution >= 0.6 is 0 Å². The van der Waals surface area contributed by atoms with Gasteiger partial charge in [0.05, 0.1) is 6.61 Å². The molecule has 0 atom stereocenters. The van der Waals surface area contributed by atoms with E-state index in [1.807, 2.05) is 18.2 Å². The lowest BCUT2D eigenvalue weighted by Crippen LogP contribution is -2.26. The number of hydrogen-bond donors (Lipinski definition) is 0. The van der Waals surface area contributed by atoms with E-state index in [2.05, 4.69) is 19.6 Å². The van der Waals surface area contributed by atoms with Crippen molar-refractivity contribution in [3.8, 4) is 0 Å². The highest BCUT2D eigenvalue weighted by Crippen LogP contribution is 2.18. The summed E-state index contributed by atoms with van der Waals surface area (Å²) in [7, 11) is -1.46. The van der Waals surface area contributed by atoms with E-state index >= 15 is 0 Å². The maximum Gasteiger partial charge on any atom is 0.184 e. The standard InChI is InChI=1S/C10H16O2Si/c1-13(2,3)12-8-10-6-4-5-9(10)7-11/h4-7,11H,8H2,1-3H3/p-1. The maximum atomic E-state index is 10.6. The molecule has 0 fully saturated rings. The van der Waals surface area contributed by atoms with Gasteiger partial charge in [0, 0.05) is 0 Å². The Labute approximate surface area is 80.4 Å². The Morgan fingerprint density at radius 1 is 1.46 bits per heavy atom. The van der Waals surface area contributed by atoms with Crippen LogP contribution in [0.3, 0.4) is 0 Å². The van der Waals surface area contributed by atoms with Crippen molar-refractivity contribution < 1.29 is 9.53 Å². The molecule has 72 valence electrons. The van der Waals surface area contributed by atoms with Crippen LogP contribution in [0.2, 0.25) is 19.6 Å². The number of rotatable bonds is 3. The zero-order valence-electron chi connectivity index (χ0n) is 8.33. The molecule has 0 heterocycles. The lowest BCUT2D eigenvalue weighted by Gasteiger charge is -2.18. The van der Waals surface area contributed by atoms with Crippen LogP contribution in [0, 0.1) is 0 Å². The minimum Gasteiger partial charge on any atom is -0.877 e. The molecule has 0 radical (unpaired) electrons. The Bertz CT molecular complexity index is 269. The monoisotopic (exact) mass is 195 g/mol. The largest absolute Gasteiger partial charge is 0.877 e. The topological polar surface area (TPSA) is 32.3 Å². The minimum absolute atomic E-state index is 0.566. The van der Waals surface area contributed by atoms with Gasteiger partial charge in [-0.05, 0) is 30.8 Å². The van der Waals surface area contributed by atoms with E-state index < -0.39 is 8.32 Å². The van der Waals surface area contributed by atoms with E-state index in [1.165, 1.54) is 0 Å². The van der Waals surface area contributed by atoms with Crippen LogP contribution in [0.1, 0.15) is 0 Å². The summed E-state index contributed by atoms with van der Waals surface area (Å²) in [5.41, 5.74) is 1.75. The van der Waals surface area contributed by atoms with Gasteiger partial charge in [0.15, 0.2) is 8.32 Å². The fourth-order valence-electron chi connectivity index (χ4n) is 1.01. The summed E-state index contributed by atoms with van der Waals surface area (Å²) in [5, 5.41) is 10.6. The van der Waals surface area contributed by atoms with Crippen molar-refractivity contribution >= 4 is 8.32 Å². The Morgan fingerprint density at radius 3 is 2.69 bits per heavy atom. The molecule has 1 rings (SSSR count). The molecule has 1 aliphatic rings. The molecule has 1 aliphatic carbocycles. The molecule has 0 aliphatic heterocycles. The highest BCUT2D eigenvalue weighted by atomic mass is 28.4. The Hall–Kier alpha value is -0.803. The first kappa shape index (κ1) is 10.3. The molecule has 0 amide bonds. The van der Waals surface area contributed by atoms with Gasteiger partial charge in [-0.2, -0.15) is 0 Å². The van der Waals surface area contributed by atoms with E-state index in [0.717, 1.165) is 17.4 Å². The maximum absolute atomic E-state index is 10.6. The predicted octanol–water partition coefficient (Wildman–Crippen LogP) is 1.58. The summed E-state index contributed by atoms with van der Waals surface area (Å²) in [6.45, 7) is 6.97. The molecule has 0 unspecified atom stereocenters. The number of hydrogen-bond acceptors (Lipinski definition) is 2. The first-order valence-electron chi connectivity index (χ1n) is 4.36. The summed E-state index contributed by atoms with van der Waals surface area (Å²) in [5.74, 6) is 0. The first-order chi connectivity index (χ1) is 6.03. The molecular weight excluding hydrogens is 180 g/mol. The van der Waals surface area contributed by atoms with Gasteiger partial charge in [0.1, 0.15) is 0 Å². The summed E-state index contributed by atoms with van der Waals surface area (Å²) >= 11 is 0. The summed E-state index contributed by atoms with van der Waals surface area (Å²) in [4.78, 5) is 0. The molecule has 0 saturated carbocycles. The smallest absolute Gasteiger partial charge is 0.184 e. The molecule has 0 spiro atoms. The van der Waals surface area contributed by atoms with Crippen molar-refractivity contribution in [2.45, 2.75) is 19.6 Å². The lowest BCUT2D eigenvalue weighted by atomic mass is 10.2. The Kier molecular flexibility index (Phi) is 3.11. The molecule has 0 aromatic heterocycles. The van der Waals surface area contributed by atoms with Crippen LogP contribution < -0.4 is 5.11 Å². The second kappa shape index (κ2) is 3.94. The molecule has 2 nitrogen and oxygen atoms in total. The van der Waals surface area contributed by atoms with Gasteiger partial charge in [-0.15, -0.1) is 6.26 Å². The average molecular weight is 195 g/mol. The van der Waals surface area contributed by atoms with Gasteiger partial charge >= 0.3 is 0 Å². The zero-order valence-corrected chi connectivity index (χ0v) is 9.33. The van der Waals surface area contributed by atoms with Crippen molar-refractivity contribution in [2.24, 2.45) is 0 Å². The van der Waals surface area contributed by atoms with E-state index in [0.29, 0.717) is 6.61 Å². The van der Waals surface area contributed by atoms with Crippen LogP contribution in [-0.4, -0.2) is 14.9 Å². The summed E-state index contributed by atoms with van der Waals surface area (Å²) in [6, 6.07) is 0. The molecule has 0 aromatic rings. The van der Waals surface area contributed by atoms with Crippen molar-refractivity contribution in [1.82, 2.24) is 0 Å². The SMILES string of the molecule is C[Si](C)(C)OCC1=CC=CC1=C[O-]. The van der Waals surface area contributed by atoms with Crippen molar-refractivity contribution in [2.75, 3.05) is 6.61 Å². The Balaban J connectivity index is 2.49. The summed E-state index contributed by atoms with van der Waals surface area (Å²) < 4.78 is 5.70. The van der Waals surface area contributed by atoms with Gasteiger partial charge in [-0.3, -0.25) is 0 Å². The molecular formula is C10H15O2Si-. The first-order valence-corrected chi connectivity index (χ1v) is 7.77. The zero-order chi connectivity index (χ0) is 9.90. The highest BCUT2D eigenvalue weighted by Gasteiger charge is 2.15. The van der Waals surface area contributed by atoms with Gasteiger partial charge < -0.3 is 9.53 Å². The molecule has 0 bridgehead atoms. The van der Waals surface area contributed by atoms with Crippen LogP contribution in [-0.2, 0) is 4.43 Å². The van der Waals surface area contributed by atoms with Crippen LogP contribution in [0.4, 0.5) is 0 Å². The minimum atomic E-state index is -1.46. The van der Waals surface area contributed by atoms with Gasteiger partial charge in [-0.25, -0.2) is 0 Å². The molecule has 13 heavy (non-hydrogen) atoms. The fourth-order valence-corrected chi connectivity index (χ4v) is 1.60. The second-order valence-corrected chi connectivity index (χ2v) is 8.54. The summed E-state index contributed by atoms with van der Waals surface area (Å²) in [6.07, 6.45) is 6.51. The van der Waals surface area contributed by atoms with Gasteiger partial charge in [0.2, 0.25) is 0 Å². The third-order valence-electron chi connectivity index (χ3n) is 1.73. The van der Waals surface area contributed by atoms with Crippen molar-refractivity contribution in [1.29, 1.82) is 0 Å². The van der Waals surface area contributed by atoms with E-state index in [4.69, 9.17) is 4.43 Å². The molecule has 0 aromatic carbocycles. The molecule has 3 heteroatoms. The third-order valence-corrected chi connectivity index (χ3v) is 2.74. The second-order valence-electron chi connectivity index (χ2n) is 4.03. The normalized spacial score (nSPS) is 19.6. The van der Waals surface area contributed by atoms with Crippen molar-refractivity contribution in [3.05, 3.63) is 35.6 Å². The molecule has 0 N–H and O–H groups in total. The van der Waals surface area contributed by atoms with Gasteiger partial charge in [0.25, 0.3) is 0 Å². The molecule has 0 saturated heterocycles. The van der Waals surface area contributed by atoms with Crippen LogP contribution in [0.15, 0.2) is 35.6 Å². The third kappa shape index (κ3) is 3.20. The fraction of sp³-hybridized carbons (Fsp3) is 0.400. The van der Waals surface area contributed by atoms with E-state index in [1.54, 1.807) is 0 Å². The predicted molar refractivity (Wildman–Crippen MR) is 54.6 cm³/mol. The van der Waals surface area contributed by atoms with E-state index in [-0.39, 0.29) is 0 Å². The lowest BCUT2D eigenvalue weighted by molar-refractivity contribution is -0.275. The van der Waals surface area contributed by atoms with Gasteiger partial charge in [-0.1, -0.05) is 18.2 Å². The van der Waals surface area contributed by atoms with Crippen LogP contribution in [0.5, 0.6) is 0 Å². The van der Waals surface area contributed by atoms with Crippen LogP contribution in [0.25, 0.3) is 0 Å². The Morgan fingerprint density at radius 2 is 2.15 bits per heavy atom. The highest BCUT2D eigenvalue weighted by molar-refractivity contribution is 6.69.